The Hall–Kier alpha value is -0.590. The first-order valence-electron chi connectivity index (χ1n) is 4.03. The predicted octanol–water partition coefficient (Wildman–Crippen LogP) is 2.58. The second-order valence-corrected chi connectivity index (χ2v) is 2.88. The van der Waals surface area contributed by atoms with Gasteiger partial charge in [-0.05, 0) is 30.9 Å². The molecule has 0 saturated carbocycles. The number of rotatable bonds is 3. The molecule has 0 aliphatic carbocycles. The molecule has 0 radical (unpaired) electrons. The summed E-state index contributed by atoms with van der Waals surface area (Å²) < 4.78 is 0. The summed E-state index contributed by atoms with van der Waals surface area (Å²) in [5.74, 6) is 0. The van der Waals surface area contributed by atoms with E-state index < -0.39 is 0 Å². The molecule has 0 aromatic heterocycles. The Bertz CT molecular complexity index is 166. The standard InChI is InChI=1S/C9H15N/c1-3-4-5-9-7-10-6-8(9)2/h7H,3-6H2,1-2H3. The molecular formula is C9H15N. The van der Waals surface area contributed by atoms with E-state index in [9.17, 15) is 0 Å². The number of unbranched alkanes of at least 4 members (excludes halogenated alkanes) is 1. The fraction of sp³-hybridized carbons (Fsp3) is 0.667. The SMILES string of the molecule is CCCCC1=C(C)CN=C1. The number of allylic oxidation sites excluding steroid dienone is 1. The summed E-state index contributed by atoms with van der Waals surface area (Å²) in [7, 11) is 0. The largest absolute Gasteiger partial charge is 0.288 e. The van der Waals surface area contributed by atoms with Crippen molar-refractivity contribution in [3.63, 3.8) is 0 Å². The van der Waals surface area contributed by atoms with Crippen LogP contribution in [0.1, 0.15) is 33.1 Å². The van der Waals surface area contributed by atoms with Gasteiger partial charge in [-0.2, -0.15) is 0 Å². The molecule has 0 spiro atoms. The number of aliphatic imine (C=N–C) groups is 1. The Morgan fingerprint density at radius 2 is 2.40 bits per heavy atom. The van der Waals surface area contributed by atoms with Crippen molar-refractivity contribution in [3.05, 3.63) is 11.1 Å². The van der Waals surface area contributed by atoms with Crippen LogP contribution < -0.4 is 0 Å². The molecule has 1 aliphatic heterocycles. The molecule has 0 bridgehead atoms. The summed E-state index contributed by atoms with van der Waals surface area (Å²) in [4.78, 5) is 4.20. The lowest BCUT2D eigenvalue weighted by molar-refractivity contribution is 0.801. The molecule has 0 N–H and O–H groups in total. The second kappa shape index (κ2) is 3.55. The van der Waals surface area contributed by atoms with Crippen molar-refractivity contribution in [2.75, 3.05) is 6.54 Å². The molecule has 0 amide bonds. The van der Waals surface area contributed by atoms with Crippen molar-refractivity contribution in [3.8, 4) is 0 Å². The Kier molecular flexibility index (Phi) is 2.67. The van der Waals surface area contributed by atoms with Gasteiger partial charge in [0.05, 0.1) is 6.54 Å². The van der Waals surface area contributed by atoms with E-state index in [-0.39, 0.29) is 0 Å². The minimum absolute atomic E-state index is 0.943. The van der Waals surface area contributed by atoms with Crippen molar-refractivity contribution >= 4 is 6.21 Å². The third-order valence-electron chi connectivity index (χ3n) is 1.92. The van der Waals surface area contributed by atoms with Gasteiger partial charge in [0.1, 0.15) is 0 Å². The first-order valence-corrected chi connectivity index (χ1v) is 4.03. The molecule has 1 aliphatic rings. The third-order valence-corrected chi connectivity index (χ3v) is 1.92. The van der Waals surface area contributed by atoms with E-state index in [0.29, 0.717) is 0 Å². The normalized spacial score (nSPS) is 17.0. The average molecular weight is 137 g/mol. The molecule has 1 heteroatoms. The molecule has 0 aromatic carbocycles. The fourth-order valence-electron chi connectivity index (χ4n) is 1.15. The van der Waals surface area contributed by atoms with Crippen LogP contribution in [0.15, 0.2) is 16.1 Å². The molecule has 1 nitrogen and oxygen atoms in total. The van der Waals surface area contributed by atoms with Crippen LogP contribution in [0.3, 0.4) is 0 Å². The Morgan fingerprint density at radius 3 is 2.90 bits per heavy atom. The maximum Gasteiger partial charge on any atom is 0.0603 e. The third kappa shape index (κ3) is 1.69. The lowest BCUT2D eigenvalue weighted by Gasteiger charge is -1.97. The molecule has 0 unspecified atom stereocenters. The predicted molar refractivity (Wildman–Crippen MR) is 45.6 cm³/mol. The van der Waals surface area contributed by atoms with Gasteiger partial charge in [-0.25, -0.2) is 0 Å². The summed E-state index contributed by atoms with van der Waals surface area (Å²) in [6.07, 6.45) is 5.85. The summed E-state index contributed by atoms with van der Waals surface area (Å²) in [6.45, 7) is 5.35. The van der Waals surface area contributed by atoms with Gasteiger partial charge >= 0.3 is 0 Å². The summed E-state index contributed by atoms with van der Waals surface area (Å²) >= 11 is 0. The van der Waals surface area contributed by atoms with Gasteiger partial charge in [0.15, 0.2) is 0 Å². The average Bonchev–Trinajstić information content (AvgIpc) is 2.31. The van der Waals surface area contributed by atoms with E-state index in [0.717, 1.165) is 6.54 Å². The zero-order chi connectivity index (χ0) is 7.40. The van der Waals surface area contributed by atoms with E-state index in [1.807, 2.05) is 6.21 Å². The number of hydrogen-bond acceptors (Lipinski definition) is 1. The van der Waals surface area contributed by atoms with Crippen LogP contribution in [0.2, 0.25) is 0 Å². The summed E-state index contributed by atoms with van der Waals surface area (Å²) in [6, 6.07) is 0. The molecule has 0 aromatic rings. The van der Waals surface area contributed by atoms with Gasteiger partial charge in [-0.15, -0.1) is 0 Å². The van der Waals surface area contributed by atoms with Crippen molar-refractivity contribution in [2.45, 2.75) is 33.1 Å². The van der Waals surface area contributed by atoms with E-state index in [1.165, 1.54) is 30.4 Å². The topological polar surface area (TPSA) is 12.4 Å². The first-order chi connectivity index (χ1) is 4.84. The minimum atomic E-state index is 0.943. The fourth-order valence-corrected chi connectivity index (χ4v) is 1.15. The quantitative estimate of drug-likeness (QED) is 0.567. The van der Waals surface area contributed by atoms with Gasteiger partial charge in [0.2, 0.25) is 0 Å². The van der Waals surface area contributed by atoms with Crippen LogP contribution in [-0.2, 0) is 0 Å². The zero-order valence-electron chi connectivity index (χ0n) is 6.85. The van der Waals surface area contributed by atoms with E-state index >= 15 is 0 Å². The van der Waals surface area contributed by atoms with Crippen LogP contribution in [0.5, 0.6) is 0 Å². The first kappa shape index (κ1) is 7.52. The Morgan fingerprint density at radius 1 is 1.60 bits per heavy atom. The van der Waals surface area contributed by atoms with Crippen LogP contribution in [0.25, 0.3) is 0 Å². The maximum absolute atomic E-state index is 4.20. The molecule has 1 rings (SSSR count). The Balaban J connectivity index is 2.38. The highest BCUT2D eigenvalue weighted by atomic mass is 14.7. The van der Waals surface area contributed by atoms with Crippen LogP contribution in [0.4, 0.5) is 0 Å². The van der Waals surface area contributed by atoms with Crippen molar-refractivity contribution < 1.29 is 0 Å². The maximum atomic E-state index is 4.20. The lowest BCUT2D eigenvalue weighted by atomic mass is 10.1. The number of nitrogens with zero attached hydrogens (tertiary/aromatic N) is 1. The molecule has 10 heavy (non-hydrogen) atoms. The van der Waals surface area contributed by atoms with Gasteiger partial charge in [0, 0.05) is 6.21 Å². The van der Waals surface area contributed by atoms with Gasteiger partial charge in [0.25, 0.3) is 0 Å². The monoisotopic (exact) mass is 137 g/mol. The van der Waals surface area contributed by atoms with E-state index in [1.54, 1.807) is 0 Å². The van der Waals surface area contributed by atoms with Crippen molar-refractivity contribution in [2.24, 2.45) is 4.99 Å². The van der Waals surface area contributed by atoms with E-state index in [2.05, 4.69) is 18.8 Å². The molecule has 0 atom stereocenters. The van der Waals surface area contributed by atoms with Gasteiger partial charge in [-0.1, -0.05) is 13.3 Å². The minimum Gasteiger partial charge on any atom is -0.288 e. The highest BCUT2D eigenvalue weighted by molar-refractivity contribution is 5.82. The highest BCUT2D eigenvalue weighted by Gasteiger charge is 2.03. The molecular weight excluding hydrogens is 122 g/mol. The highest BCUT2D eigenvalue weighted by Crippen LogP contribution is 2.14. The zero-order valence-corrected chi connectivity index (χ0v) is 6.85. The smallest absolute Gasteiger partial charge is 0.0603 e. The van der Waals surface area contributed by atoms with Gasteiger partial charge < -0.3 is 0 Å². The van der Waals surface area contributed by atoms with Crippen LogP contribution >= 0.6 is 0 Å². The molecule has 56 valence electrons. The molecule has 1 heterocycles. The summed E-state index contributed by atoms with van der Waals surface area (Å²) in [5, 5.41) is 0. The van der Waals surface area contributed by atoms with Crippen molar-refractivity contribution in [1.29, 1.82) is 0 Å². The van der Waals surface area contributed by atoms with Gasteiger partial charge in [-0.3, -0.25) is 4.99 Å². The molecule has 0 fully saturated rings. The lowest BCUT2D eigenvalue weighted by Crippen LogP contribution is -1.85. The Labute approximate surface area is 62.9 Å². The van der Waals surface area contributed by atoms with Crippen LogP contribution in [-0.4, -0.2) is 12.8 Å². The van der Waals surface area contributed by atoms with E-state index in [4.69, 9.17) is 0 Å². The number of hydrogen-bond donors (Lipinski definition) is 0. The van der Waals surface area contributed by atoms with Crippen LogP contribution in [0, 0.1) is 0 Å². The van der Waals surface area contributed by atoms with Crippen molar-refractivity contribution in [1.82, 2.24) is 0 Å². The second-order valence-electron chi connectivity index (χ2n) is 2.88. The molecule has 0 saturated heterocycles. The summed E-state index contributed by atoms with van der Waals surface area (Å²) in [5.41, 5.74) is 2.94.